The van der Waals surface area contributed by atoms with Crippen LogP contribution in [0.25, 0.3) is 0 Å². The molecule has 6 nitrogen and oxygen atoms in total. The van der Waals surface area contributed by atoms with Gasteiger partial charge in [-0.05, 0) is 24.1 Å². The molecule has 4 N–H and O–H groups in total. The van der Waals surface area contributed by atoms with Crippen molar-refractivity contribution in [3.63, 3.8) is 0 Å². The summed E-state index contributed by atoms with van der Waals surface area (Å²) in [5, 5.41) is 15.5. The van der Waals surface area contributed by atoms with Crippen molar-refractivity contribution in [1.82, 2.24) is 10.5 Å². The van der Waals surface area contributed by atoms with E-state index >= 15 is 0 Å². The summed E-state index contributed by atoms with van der Waals surface area (Å²) >= 11 is 0. The van der Waals surface area contributed by atoms with Crippen molar-refractivity contribution in [2.45, 2.75) is 19.0 Å². The minimum Gasteiger partial charge on any atom is -0.508 e. The highest BCUT2D eigenvalue weighted by Gasteiger charge is 2.14. The summed E-state index contributed by atoms with van der Waals surface area (Å²) in [6.07, 6.45) is 1.85. The summed E-state index contributed by atoms with van der Waals surface area (Å²) in [6, 6.07) is 7.63. The molecule has 19 heavy (non-hydrogen) atoms. The van der Waals surface area contributed by atoms with E-state index in [1.165, 1.54) is 6.26 Å². The molecule has 2 aromatic rings. The van der Waals surface area contributed by atoms with E-state index in [0.29, 0.717) is 18.7 Å². The van der Waals surface area contributed by atoms with Crippen LogP contribution in [0.5, 0.6) is 5.75 Å². The number of carbonyl (C=O) groups excluding carboxylic acids is 1. The number of aromatic nitrogens is 1. The second-order valence-corrected chi connectivity index (χ2v) is 4.19. The topological polar surface area (TPSA) is 101 Å². The molecule has 0 aliphatic heterocycles. The summed E-state index contributed by atoms with van der Waals surface area (Å²) in [7, 11) is 0. The van der Waals surface area contributed by atoms with Gasteiger partial charge in [0.2, 0.25) is 5.91 Å². The maximum absolute atomic E-state index is 11.8. The highest BCUT2D eigenvalue weighted by atomic mass is 16.5. The molecule has 100 valence electrons. The highest BCUT2D eigenvalue weighted by molar-refractivity contribution is 5.81. The smallest absolute Gasteiger partial charge is 0.237 e. The summed E-state index contributed by atoms with van der Waals surface area (Å²) in [5.74, 6) is -0.0659. The maximum atomic E-state index is 11.8. The Morgan fingerprint density at radius 1 is 1.37 bits per heavy atom. The van der Waals surface area contributed by atoms with E-state index in [1.807, 2.05) is 0 Å². The summed E-state index contributed by atoms with van der Waals surface area (Å²) in [5.41, 5.74) is 7.34. The average molecular weight is 261 g/mol. The first-order valence-corrected chi connectivity index (χ1v) is 5.85. The lowest BCUT2D eigenvalue weighted by molar-refractivity contribution is -0.122. The first-order valence-electron chi connectivity index (χ1n) is 5.85. The van der Waals surface area contributed by atoms with Gasteiger partial charge in [-0.15, -0.1) is 0 Å². The van der Waals surface area contributed by atoms with E-state index in [1.54, 1.807) is 30.3 Å². The van der Waals surface area contributed by atoms with Crippen molar-refractivity contribution in [3.05, 3.63) is 47.9 Å². The van der Waals surface area contributed by atoms with Crippen LogP contribution >= 0.6 is 0 Å². The Balaban J connectivity index is 1.83. The number of rotatable bonds is 5. The summed E-state index contributed by atoms with van der Waals surface area (Å²) < 4.78 is 4.66. The second kappa shape index (κ2) is 6.01. The molecule has 2 rings (SSSR count). The predicted molar refractivity (Wildman–Crippen MR) is 68.1 cm³/mol. The molecule has 1 aromatic carbocycles. The molecule has 0 aliphatic rings. The van der Waals surface area contributed by atoms with Crippen molar-refractivity contribution < 1.29 is 14.4 Å². The van der Waals surface area contributed by atoms with Gasteiger partial charge in [-0.2, -0.15) is 0 Å². The first-order chi connectivity index (χ1) is 9.15. The Morgan fingerprint density at radius 3 is 2.74 bits per heavy atom. The van der Waals surface area contributed by atoms with Crippen molar-refractivity contribution in [3.8, 4) is 5.75 Å². The molecule has 0 saturated carbocycles. The van der Waals surface area contributed by atoms with E-state index < -0.39 is 6.04 Å². The predicted octanol–water partition coefficient (Wildman–Crippen LogP) is 0.566. The number of nitrogens with two attached hydrogens (primary N) is 1. The lowest BCUT2D eigenvalue weighted by Gasteiger charge is -2.11. The third kappa shape index (κ3) is 3.82. The minimum atomic E-state index is -0.642. The number of hydrogen-bond donors (Lipinski definition) is 3. The number of aromatic hydroxyl groups is 1. The zero-order valence-corrected chi connectivity index (χ0v) is 10.2. The zero-order valence-electron chi connectivity index (χ0n) is 10.2. The van der Waals surface area contributed by atoms with Crippen molar-refractivity contribution >= 4 is 5.91 Å². The number of carbonyl (C=O) groups is 1. The first kappa shape index (κ1) is 13.1. The Kier molecular flexibility index (Phi) is 4.15. The maximum Gasteiger partial charge on any atom is 0.237 e. The van der Waals surface area contributed by atoms with Gasteiger partial charge >= 0.3 is 0 Å². The van der Waals surface area contributed by atoms with Gasteiger partial charge in [0.1, 0.15) is 17.7 Å². The minimum absolute atomic E-state index is 0.188. The fourth-order valence-corrected chi connectivity index (χ4v) is 1.62. The Hall–Kier alpha value is -2.34. The number of nitrogens with one attached hydrogen (secondary N) is 1. The third-order valence-corrected chi connectivity index (χ3v) is 2.66. The van der Waals surface area contributed by atoms with E-state index in [-0.39, 0.29) is 11.7 Å². The largest absolute Gasteiger partial charge is 0.508 e. The highest BCUT2D eigenvalue weighted by Crippen LogP contribution is 2.10. The van der Waals surface area contributed by atoms with Crippen LogP contribution in [0.2, 0.25) is 0 Å². The third-order valence-electron chi connectivity index (χ3n) is 2.66. The molecule has 1 amide bonds. The van der Waals surface area contributed by atoms with Gasteiger partial charge in [0, 0.05) is 6.07 Å². The molecule has 0 aliphatic carbocycles. The van der Waals surface area contributed by atoms with E-state index in [2.05, 4.69) is 15.0 Å². The monoisotopic (exact) mass is 261 g/mol. The molecule has 1 atom stereocenters. The lowest BCUT2D eigenvalue weighted by Crippen LogP contribution is -2.41. The number of phenolic OH excluding ortho intramolecular Hbond substituents is 1. The van der Waals surface area contributed by atoms with Crippen molar-refractivity contribution in [1.29, 1.82) is 0 Å². The molecule has 0 fully saturated rings. The molecule has 1 unspecified atom stereocenters. The molecule has 1 aromatic heterocycles. The van der Waals surface area contributed by atoms with Crippen LogP contribution in [0.3, 0.4) is 0 Å². The van der Waals surface area contributed by atoms with Gasteiger partial charge in [-0.25, -0.2) is 0 Å². The van der Waals surface area contributed by atoms with Crippen LogP contribution in [0.1, 0.15) is 11.3 Å². The molecular weight excluding hydrogens is 246 g/mol. The molecule has 0 spiro atoms. The average Bonchev–Trinajstić information content (AvgIpc) is 2.91. The van der Waals surface area contributed by atoms with Crippen molar-refractivity contribution in [2.24, 2.45) is 5.73 Å². The molecule has 6 heteroatoms. The SMILES string of the molecule is NC(Cc1ccc(O)cc1)C(=O)NCc1ccon1. The van der Waals surface area contributed by atoms with E-state index in [9.17, 15) is 4.79 Å². The second-order valence-electron chi connectivity index (χ2n) is 4.19. The van der Waals surface area contributed by atoms with Gasteiger partial charge in [0.25, 0.3) is 0 Å². The number of phenols is 1. The summed E-state index contributed by atoms with van der Waals surface area (Å²) in [6.45, 7) is 0.290. The Bertz CT molecular complexity index is 523. The van der Waals surface area contributed by atoms with E-state index in [4.69, 9.17) is 10.8 Å². The molecule has 0 radical (unpaired) electrons. The number of hydrogen-bond acceptors (Lipinski definition) is 5. The molecule has 0 bridgehead atoms. The summed E-state index contributed by atoms with van der Waals surface area (Å²) in [4.78, 5) is 11.8. The van der Waals surface area contributed by atoms with Crippen LogP contribution < -0.4 is 11.1 Å². The standard InChI is InChI=1S/C13H15N3O3/c14-12(7-9-1-3-11(17)4-2-9)13(18)15-8-10-5-6-19-16-10/h1-6,12,17H,7-8,14H2,(H,15,18). The Labute approximate surface area is 110 Å². The van der Waals surface area contributed by atoms with Crippen LogP contribution in [0.4, 0.5) is 0 Å². The molecule has 0 saturated heterocycles. The van der Waals surface area contributed by atoms with Gasteiger partial charge in [-0.3, -0.25) is 4.79 Å². The van der Waals surface area contributed by atoms with Crippen LogP contribution in [0, 0.1) is 0 Å². The van der Waals surface area contributed by atoms with Gasteiger partial charge in [0.15, 0.2) is 0 Å². The quantitative estimate of drug-likeness (QED) is 0.730. The molecule has 1 heterocycles. The van der Waals surface area contributed by atoms with Crippen LogP contribution in [-0.2, 0) is 17.8 Å². The van der Waals surface area contributed by atoms with Gasteiger partial charge < -0.3 is 20.7 Å². The van der Waals surface area contributed by atoms with Gasteiger partial charge in [0.05, 0.1) is 12.6 Å². The van der Waals surface area contributed by atoms with Crippen LogP contribution in [0.15, 0.2) is 41.1 Å². The number of nitrogens with zero attached hydrogens (tertiary/aromatic N) is 1. The number of benzene rings is 1. The zero-order chi connectivity index (χ0) is 13.7. The van der Waals surface area contributed by atoms with Crippen molar-refractivity contribution in [2.75, 3.05) is 0 Å². The van der Waals surface area contributed by atoms with Gasteiger partial charge in [-0.1, -0.05) is 17.3 Å². The van der Waals surface area contributed by atoms with Crippen LogP contribution in [-0.4, -0.2) is 22.2 Å². The van der Waals surface area contributed by atoms with E-state index in [0.717, 1.165) is 5.56 Å². The molecular formula is C13H15N3O3. The Morgan fingerprint density at radius 2 is 2.11 bits per heavy atom. The lowest BCUT2D eigenvalue weighted by atomic mass is 10.1. The normalized spacial score (nSPS) is 12.1. The number of amides is 1. The fraction of sp³-hybridized carbons (Fsp3) is 0.231. The fourth-order valence-electron chi connectivity index (χ4n) is 1.62.